The Morgan fingerprint density at radius 3 is 2.69 bits per heavy atom. The van der Waals surface area contributed by atoms with Gasteiger partial charge in [-0.25, -0.2) is 0 Å². The minimum atomic E-state index is -0.881. The molecule has 2 aromatic rings. The van der Waals surface area contributed by atoms with E-state index >= 15 is 0 Å². The van der Waals surface area contributed by atoms with E-state index in [4.69, 9.17) is 9.47 Å². The van der Waals surface area contributed by atoms with Crippen LogP contribution in [-0.4, -0.2) is 70.6 Å². The number of ether oxygens (including phenoxy) is 2. The van der Waals surface area contributed by atoms with Crippen LogP contribution in [-0.2, 0) is 23.9 Å². The highest BCUT2D eigenvalue weighted by atomic mass is 16.7. The fourth-order valence-corrected chi connectivity index (χ4v) is 6.18. The first kappa shape index (κ1) is 27.1. The van der Waals surface area contributed by atoms with Gasteiger partial charge in [-0.2, -0.15) is 0 Å². The van der Waals surface area contributed by atoms with Crippen LogP contribution in [0.5, 0.6) is 0 Å². The number of amides is 3. The predicted molar refractivity (Wildman–Crippen MR) is 142 cm³/mol. The number of nitrogens with one attached hydrogen (secondary N) is 2. The van der Waals surface area contributed by atoms with Crippen molar-refractivity contribution in [2.24, 2.45) is 11.3 Å². The SMILES string of the molecule is CCO[C@@H]1OC(=O)CC1NC(=O)C1[C@H]2CCC(C2)N1C(=O)[C@@H](NC(=O)c1nccc2ccccc12)C(C)(C)C. The number of benzene rings is 1. The third-order valence-corrected chi connectivity index (χ3v) is 8.01. The van der Waals surface area contributed by atoms with Crippen LogP contribution in [0.15, 0.2) is 36.5 Å². The number of pyridine rings is 1. The Morgan fingerprint density at radius 1 is 1.18 bits per heavy atom. The first-order valence-corrected chi connectivity index (χ1v) is 13.7. The fourth-order valence-electron chi connectivity index (χ4n) is 6.18. The van der Waals surface area contributed by atoms with Crippen LogP contribution in [0.4, 0.5) is 0 Å². The average Bonchev–Trinajstić information content (AvgIpc) is 3.60. The smallest absolute Gasteiger partial charge is 0.310 e. The van der Waals surface area contributed by atoms with Crippen LogP contribution < -0.4 is 10.6 Å². The predicted octanol–water partition coefficient (Wildman–Crippen LogP) is 2.55. The lowest BCUT2D eigenvalue weighted by Crippen LogP contribution is -2.62. The van der Waals surface area contributed by atoms with Gasteiger partial charge in [-0.1, -0.05) is 45.0 Å². The van der Waals surface area contributed by atoms with Gasteiger partial charge in [0.25, 0.3) is 5.91 Å². The van der Waals surface area contributed by atoms with Crippen molar-refractivity contribution in [3.8, 4) is 0 Å². The van der Waals surface area contributed by atoms with Crippen LogP contribution in [0.3, 0.4) is 0 Å². The molecule has 0 spiro atoms. The van der Waals surface area contributed by atoms with Crippen LogP contribution in [0.2, 0.25) is 0 Å². The molecule has 2 bridgehead atoms. The molecule has 0 radical (unpaired) electrons. The summed E-state index contributed by atoms with van der Waals surface area (Å²) in [7, 11) is 0. The summed E-state index contributed by atoms with van der Waals surface area (Å²) in [6, 6.07) is 7.04. The summed E-state index contributed by atoms with van der Waals surface area (Å²) >= 11 is 0. The largest absolute Gasteiger partial charge is 0.433 e. The van der Waals surface area contributed by atoms with Gasteiger partial charge in [0, 0.05) is 24.2 Å². The van der Waals surface area contributed by atoms with Crippen molar-refractivity contribution in [2.45, 2.75) is 83.8 Å². The highest BCUT2D eigenvalue weighted by Gasteiger charge is 2.54. The van der Waals surface area contributed by atoms with Gasteiger partial charge in [0.05, 0.1) is 6.42 Å². The molecule has 1 aromatic heterocycles. The van der Waals surface area contributed by atoms with Crippen LogP contribution in [0, 0.1) is 11.3 Å². The van der Waals surface area contributed by atoms with E-state index in [0.717, 1.165) is 24.6 Å². The Morgan fingerprint density at radius 2 is 1.95 bits per heavy atom. The van der Waals surface area contributed by atoms with Gasteiger partial charge in [-0.05, 0) is 49.0 Å². The lowest BCUT2D eigenvalue weighted by Gasteiger charge is -2.40. The second-order valence-corrected chi connectivity index (χ2v) is 11.7. The van der Waals surface area contributed by atoms with Crippen molar-refractivity contribution in [3.63, 3.8) is 0 Å². The maximum absolute atomic E-state index is 14.2. The van der Waals surface area contributed by atoms with Gasteiger partial charge in [-0.15, -0.1) is 0 Å². The van der Waals surface area contributed by atoms with E-state index in [1.807, 2.05) is 51.1 Å². The van der Waals surface area contributed by atoms with Crippen molar-refractivity contribution in [1.29, 1.82) is 0 Å². The number of aromatic nitrogens is 1. The molecule has 208 valence electrons. The number of carbonyl (C=O) groups excluding carboxylic acids is 4. The summed E-state index contributed by atoms with van der Waals surface area (Å²) in [5.41, 5.74) is -0.383. The molecule has 39 heavy (non-hydrogen) atoms. The van der Waals surface area contributed by atoms with Gasteiger partial charge in [0.1, 0.15) is 23.8 Å². The average molecular weight is 537 g/mol. The summed E-state index contributed by atoms with van der Waals surface area (Å²) < 4.78 is 10.7. The lowest BCUT2D eigenvalue weighted by molar-refractivity contribution is -0.165. The standard InChI is InChI=1S/C29H36N4O6/c1-5-38-28-20(15-21(34)39-28)31-26(36)23-17-10-11-18(14-17)33(23)27(37)24(29(2,3)4)32-25(35)22-19-9-7-6-8-16(19)12-13-30-22/h6-9,12-13,17-18,20,23-24,28H,5,10-11,14-15H2,1-4H3,(H,31,36)(H,32,35)/t17-,18?,20?,23?,24+,28+/m0/s1. The van der Waals surface area contributed by atoms with Gasteiger partial charge in [-0.3, -0.25) is 24.2 Å². The number of likely N-dealkylation sites (tertiary alicyclic amines) is 1. The summed E-state index contributed by atoms with van der Waals surface area (Å²) in [4.78, 5) is 59.1. The van der Waals surface area contributed by atoms with Gasteiger partial charge in [0.2, 0.25) is 18.1 Å². The van der Waals surface area contributed by atoms with E-state index in [1.54, 1.807) is 18.0 Å². The summed E-state index contributed by atoms with van der Waals surface area (Å²) in [6.07, 6.45) is 3.14. The number of nitrogens with zero attached hydrogens (tertiary/aromatic N) is 2. The lowest BCUT2D eigenvalue weighted by atomic mass is 9.84. The Kier molecular flexibility index (Phi) is 7.33. The first-order chi connectivity index (χ1) is 18.6. The molecule has 2 aliphatic heterocycles. The molecule has 2 saturated heterocycles. The maximum atomic E-state index is 14.2. The Bertz CT molecular complexity index is 1280. The molecule has 1 aliphatic carbocycles. The van der Waals surface area contributed by atoms with Crippen molar-refractivity contribution in [2.75, 3.05) is 6.61 Å². The number of esters is 1. The molecule has 3 heterocycles. The van der Waals surface area contributed by atoms with Gasteiger partial charge in [0.15, 0.2) is 0 Å². The minimum absolute atomic E-state index is 0.0126. The van der Waals surface area contributed by atoms with Gasteiger partial charge >= 0.3 is 5.97 Å². The maximum Gasteiger partial charge on any atom is 0.310 e. The highest BCUT2D eigenvalue weighted by molar-refractivity contribution is 6.06. The number of fused-ring (bicyclic) bond motifs is 3. The molecule has 2 N–H and O–H groups in total. The molecule has 1 saturated carbocycles. The number of rotatable bonds is 7. The zero-order chi connectivity index (χ0) is 27.9. The quantitative estimate of drug-likeness (QED) is 0.521. The summed E-state index contributed by atoms with van der Waals surface area (Å²) in [6.45, 7) is 7.80. The third-order valence-electron chi connectivity index (χ3n) is 8.01. The number of hydrogen-bond donors (Lipinski definition) is 2. The van der Waals surface area contributed by atoms with Crippen molar-refractivity contribution in [3.05, 3.63) is 42.2 Å². The monoisotopic (exact) mass is 536 g/mol. The number of cyclic esters (lactones) is 1. The fraction of sp³-hybridized carbons (Fsp3) is 0.552. The Labute approximate surface area is 227 Å². The molecule has 10 nitrogen and oxygen atoms in total. The molecule has 6 atom stereocenters. The normalized spacial score (nSPS) is 26.9. The number of piperidine rings is 1. The molecule has 3 amide bonds. The zero-order valence-corrected chi connectivity index (χ0v) is 22.8. The topological polar surface area (TPSA) is 127 Å². The number of carbonyl (C=O) groups is 4. The van der Waals surface area contributed by atoms with Gasteiger partial charge < -0.3 is 25.0 Å². The van der Waals surface area contributed by atoms with Crippen LogP contribution in [0.1, 0.15) is 63.9 Å². The first-order valence-electron chi connectivity index (χ1n) is 13.7. The van der Waals surface area contributed by atoms with Crippen LogP contribution in [0.25, 0.3) is 10.8 Å². The highest BCUT2D eigenvalue weighted by Crippen LogP contribution is 2.44. The molecule has 1 aromatic carbocycles. The molecular formula is C29H36N4O6. The van der Waals surface area contributed by atoms with E-state index in [2.05, 4.69) is 15.6 Å². The summed E-state index contributed by atoms with van der Waals surface area (Å²) in [5.74, 6) is -1.47. The van der Waals surface area contributed by atoms with E-state index in [1.165, 1.54) is 0 Å². The zero-order valence-electron chi connectivity index (χ0n) is 22.8. The molecule has 3 fully saturated rings. The van der Waals surface area contributed by atoms with E-state index in [9.17, 15) is 19.2 Å². The van der Waals surface area contributed by atoms with Crippen molar-refractivity contribution >= 4 is 34.5 Å². The Hall–Kier alpha value is -3.53. The molecule has 3 unspecified atom stereocenters. The van der Waals surface area contributed by atoms with Crippen molar-refractivity contribution in [1.82, 2.24) is 20.5 Å². The van der Waals surface area contributed by atoms with E-state index in [-0.39, 0.29) is 35.9 Å². The summed E-state index contributed by atoms with van der Waals surface area (Å²) in [5, 5.41) is 7.45. The molecule has 10 heteroatoms. The van der Waals surface area contributed by atoms with E-state index in [0.29, 0.717) is 12.0 Å². The van der Waals surface area contributed by atoms with E-state index < -0.39 is 41.7 Å². The molecule has 5 rings (SSSR count). The molecular weight excluding hydrogens is 500 g/mol. The second kappa shape index (κ2) is 10.6. The second-order valence-electron chi connectivity index (χ2n) is 11.7. The van der Waals surface area contributed by atoms with Crippen molar-refractivity contribution < 1.29 is 28.7 Å². The molecule has 3 aliphatic rings. The Balaban J connectivity index is 1.38. The van der Waals surface area contributed by atoms with Crippen LogP contribution >= 0.6 is 0 Å². The number of hydrogen-bond acceptors (Lipinski definition) is 7. The third kappa shape index (κ3) is 5.22. The minimum Gasteiger partial charge on any atom is -0.433 e.